The second-order valence-corrected chi connectivity index (χ2v) is 3.59. The molecule has 0 aliphatic carbocycles. The predicted molar refractivity (Wildman–Crippen MR) is 62.9 cm³/mol. The molecule has 1 aromatic carbocycles. The van der Waals surface area contributed by atoms with E-state index < -0.39 is 0 Å². The van der Waals surface area contributed by atoms with Gasteiger partial charge in [0.2, 0.25) is 0 Å². The maximum Gasteiger partial charge on any atom is 0.138 e. The maximum absolute atomic E-state index is 13.0. The number of benzene rings is 1. The zero-order chi connectivity index (χ0) is 12.1. The van der Waals surface area contributed by atoms with Crippen LogP contribution in [0.4, 0.5) is 4.39 Å². The van der Waals surface area contributed by atoms with Crippen LogP contribution in [0.3, 0.4) is 0 Å². The average Bonchev–Trinajstić information content (AvgIpc) is 2.38. The van der Waals surface area contributed by atoms with Crippen LogP contribution in [-0.4, -0.2) is 4.98 Å². The molecule has 2 rings (SSSR count). The molecular weight excluding hydrogens is 219 g/mol. The summed E-state index contributed by atoms with van der Waals surface area (Å²) in [6, 6.07) is 8.14. The lowest BCUT2D eigenvalue weighted by Crippen LogP contribution is -2.05. The molecular formula is C13H13FN2O. The number of hydrogen-bond donors (Lipinski definition) is 1. The summed E-state index contributed by atoms with van der Waals surface area (Å²) in [6.07, 6.45) is 3.31. The summed E-state index contributed by atoms with van der Waals surface area (Å²) >= 11 is 0. The fourth-order valence-electron chi connectivity index (χ4n) is 1.52. The summed E-state index contributed by atoms with van der Waals surface area (Å²) in [7, 11) is 0. The normalized spacial score (nSPS) is 10.2. The predicted octanol–water partition coefficient (Wildman–Crippen LogP) is 2.26. The minimum absolute atomic E-state index is 0.282. The molecule has 0 aliphatic heterocycles. The Labute approximate surface area is 99.1 Å². The first-order valence-electron chi connectivity index (χ1n) is 5.30. The van der Waals surface area contributed by atoms with Crippen molar-refractivity contribution in [2.24, 2.45) is 5.73 Å². The Morgan fingerprint density at radius 2 is 2.12 bits per heavy atom. The summed E-state index contributed by atoms with van der Waals surface area (Å²) < 4.78 is 18.5. The third-order valence-electron chi connectivity index (χ3n) is 2.42. The van der Waals surface area contributed by atoms with Crippen LogP contribution in [-0.2, 0) is 13.2 Å². The van der Waals surface area contributed by atoms with Crippen molar-refractivity contribution < 1.29 is 9.13 Å². The van der Waals surface area contributed by atoms with Crippen molar-refractivity contribution in [1.29, 1.82) is 0 Å². The summed E-state index contributed by atoms with van der Waals surface area (Å²) in [5, 5.41) is 0. The fourth-order valence-corrected chi connectivity index (χ4v) is 1.52. The van der Waals surface area contributed by atoms with Gasteiger partial charge < -0.3 is 10.5 Å². The van der Waals surface area contributed by atoms with Gasteiger partial charge in [0, 0.05) is 12.7 Å². The molecule has 0 aliphatic rings. The molecule has 0 atom stereocenters. The highest BCUT2D eigenvalue weighted by Crippen LogP contribution is 2.14. The zero-order valence-corrected chi connectivity index (χ0v) is 9.27. The van der Waals surface area contributed by atoms with E-state index >= 15 is 0 Å². The number of ether oxygens (including phenoxy) is 1. The van der Waals surface area contributed by atoms with Gasteiger partial charge in [0.15, 0.2) is 0 Å². The SMILES string of the molecule is NCc1cc(F)ccc1COc1cccnc1. The number of halogens is 1. The lowest BCUT2D eigenvalue weighted by atomic mass is 10.1. The Balaban J connectivity index is 2.09. The lowest BCUT2D eigenvalue weighted by Gasteiger charge is -2.09. The van der Waals surface area contributed by atoms with Crippen LogP contribution in [0, 0.1) is 5.82 Å². The number of aromatic nitrogens is 1. The molecule has 0 fully saturated rings. The Hall–Kier alpha value is -1.94. The van der Waals surface area contributed by atoms with Crippen molar-refractivity contribution in [2.45, 2.75) is 13.2 Å². The van der Waals surface area contributed by atoms with Gasteiger partial charge in [-0.05, 0) is 35.4 Å². The van der Waals surface area contributed by atoms with Gasteiger partial charge in [-0.3, -0.25) is 4.98 Å². The molecule has 0 saturated carbocycles. The van der Waals surface area contributed by atoms with Gasteiger partial charge >= 0.3 is 0 Å². The molecule has 0 spiro atoms. The Kier molecular flexibility index (Phi) is 3.67. The molecule has 0 radical (unpaired) electrons. The molecule has 2 aromatic rings. The van der Waals surface area contributed by atoms with Crippen molar-refractivity contribution in [2.75, 3.05) is 0 Å². The van der Waals surface area contributed by atoms with Gasteiger partial charge in [0.25, 0.3) is 0 Å². The first-order valence-corrected chi connectivity index (χ1v) is 5.30. The van der Waals surface area contributed by atoms with Gasteiger partial charge in [-0.15, -0.1) is 0 Å². The number of pyridine rings is 1. The van der Waals surface area contributed by atoms with E-state index in [9.17, 15) is 4.39 Å². The minimum Gasteiger partial charge on any atom is -0.487 e. The van der Waals surface area contributed by atoms with Gasteiger partial charge in [0.05, 0.1) is 6.20 Å². The molecule has 88 valence electrons. The van der Waals surface area contributed by atoms with Gasteiger partial charge in [-0.2, -0.15) is 0 Å². The second kappa shape index (κ2) is 5.41. The molecule has 0 unspecified atom stereocenters. The van der Waals surface area contributed by atoms with Crippen molar-refractivity contribution in [3.63, 3.8) is 0 Å². The molecule has 0 saturated heterocycles. The topological polar surface area (TPSA) is 48.1 Å². The Morgan fingerprint density at radius 1 is 1.24 bits per heavy atom. The standard InChI is InChI=1S/C13H13FN2O/c14-12-4-3-10(11(6-12)7-15)9-17-13-2-1-5-16-8-13/h1-6,8H,7,9,15H2. The number of nitrogens with two attached hydrogens (primary N) is 1. The maximum atomic E-state index is 13.0. The summed E-state index contributed by atoms with van der Waals surface area (Å²) in [4.78, 5) is 3.94. The van der Waals surface area contributed by atoms with Crippen LogP contribution in [0.15, 0.2) is 42.7 Å². The molecule has 4 heteroatoms. The molecule has 2 N–H and O–H groups in total. The Bertz CT molecular complexity index is 488. The highest BCUT2D eigenvalue weighted by molar-refractivity contribution is 5.28. The van der Waals surface area contributed by atoms with E-state index in [1.165, 1.54) is 12.1 Å². The fraction of sp³-hybridized carbons (Fsp3) is 0.154. The van der Waals surface area contributed by atoms with Gasteiger partial charge in [0.1, 0.15) is 18.2 Å². The summed E-state index contributed by atoms with van der Waals surface area (Å²) in [5.41, 5.74) is 7.20. The van der Waals surface area contributed by atoms with Crippen LogP contribution in [0.5, 0.6) is 5.75 Å². The molecule has 3 nitrogen and oxygen atoms in total. The number of hydrogen-bond acceptors (Lipinski definition) is 3. The molecule has 17 heavy (non-hydrogen) atoms. The lowest BCUT2D eigenvalue weighted by molar-refractivity contribution is 0.303. The van der Waals surface area contributed by atoms with Crippen molar-refractivity contribution in [1.82, 2.24) is 4.98 Å². The second-order valence-electron chi connectivity index (χ2n) is 3.59. The van der Waals surface area contributed by atoms with E-state index in [1.807, 2.05) is 6.07 Å². The highest BCUT2D eigenvalue weighted by atomic mass is 19.1. The first-order chi connectivity index (χ1) is 8.29. The van der Waals surface area contributed by atoms with Gasteiger partial charge in [-0.1, -0.05) is 6.07 Å². The minimum atomic E-state index is -0.282. The van der Waals surface area contributed by atoms with E-state index in [2.05, 4.69) is 4.98 Å². The van der Waals surface area contributed by atoms with E-state index in [0.29, 0.717) is 18.9 Å². The molecule has 0 amide bonds. The molecule has 1 heterocycles. The van der Waals surface area contributed by atoms with Gasteiger partial charge in [-0.25, -0.2) is 4.39 Å². The van der Waals surface area contributed by atoms with E-state index in [-0.39, 0.29) is 5.82 Å². The summed E-state index contributed by atoms with van der Waals surface area (Å²) in [5.74, 6) is 0.398. The zero-order valence-electron chi connectivity index (χ0n) is 9.27. The van der Waals surface area contributed by atoms with E-state index in [4.69, 9.17) is 10.5 Å². The number of rotatable bonds is 4. The number of nitrogens with zero attached hydrogens (tertiary/aromatic N) is 1. The van der Waals surface area contributed by atoms with Crippen LogP contribution >= 0.6 is 0 Å². The Morgan fingerprint density at radius 3 is 2.82 bits per heavy atom. The van der Waals surface area contributed by atoms with Crippen LogP contribution in [0.25, 0.3) is 0 Å². The average molecular weight is 232 g/mol. The van der Waals surface area contributed by atoms with Crippen molar-refractivity contribution in [3.05, 3.63) is 59.7 Å². The van der Waals surface area contributed by atoms with E-state index in [1.54, 1.807) is 24.5 Å². The van der Waals surface area contributed by atoms with Crippen LogP contribution in [0.2, 0.25) is 0 Å². The smallest absolute Gasteiger partial charge is 0.138 e. The van der Waals surface area contributed by atoms with E-state index in [0.717, 1.165) is 11.1 Å². The largest absolute Gasteiger partial charge is 0.487 e. The first kappa shape index (κ1) is 11.5. The van der Waals surface area contributed by atoms with Crippen molar-refractivity contribution in [3.8, 4) is 5.75 Å². The van der Waals surface area contributed by atoms with Crippen molar-refractivity contribution >= 4 is 0 Å². The monoisotopic (exact) mass is 232 g/mol. The van der Waals surface area contributed by atoms with Crippen LogP contribution < -0.4 is 10.5 Å². The summed E-state index contributed by atoms with van der Waals surface area (Å²) in [6.45, 7) is 0.655. The molecule has 1 aromatic heterocycles. The molecule has 0 bridgehead atoms. The third-order valence-corrected chi connectivity index (χ3v) is 2.42. The van der Waals surface area contributed by atoms with Crippen LogP contribution in [0.1, 0.15) is 11.1 Å². The highest BCUT2D eigenvalue weighted by Gasteiger charge is 2.03. The third kappa shape index (κ3) is 3.01. The quantitative estimate of drug-likeness (QED) is 0.879.